The van der Waals surface area contributed by atoms with Crippen LogP contribution in [0.4, 0.5) is 0 Å². The van der Waals surface area contributed by atoms with Gasteiger partial charge < -0.3 is 10.7 Å². The molecule has 0 atom stereocenters. The molecule has 1 aliphatic rings. The third-order valence-corrected chi connectivity index (χ3v) is 2.31. The first kappa shape index (κ1) is 10.4. The lowest BCUT2D eigenvalue weighted by atomic mass is 10.1. The highest BCUT2D eigenvalue weighted by Crippen LogP contribution is 2.16. The van der Waals surface area contributed by atoms with E-state index in [9.17, 15) is 0 Å². The number of allylic oxidation sites excluding steroid dienone is 2. The third-order valence-electron chi connectivity index (χ3n) is 2.31. The summed E-state index contributed by atoms with van der Waals surface area (Å²) in [5.74, 6) is 0.686. The van der Waals surface area contributed by atoms with Crippen molar-refractivity contribution in [3.63, 3.8) is 0 Å². The fraction of sp³-hybridized carbons (Fsp3) is 0.0769. The molecular formula is C13H13N3. The van der Waals surface area contributed by atoms with E-state index in [0.29, 0.717) is 5.82 Å². The van der Waals surface area contributed by atoms with E-state index in [2.05, 4.69) is 35.4 Å². The molecule has 1 heterocycles. The summed E-state index contributed by atoms with van der Waals surface area (Å²) >= 11 is 0. The zero-order chi connectivity index (χ0) is 11.4. The second-order valence-corrected chi connectivity index (χ2v) is 3.59. The number of aryl methyl sites for hydroxylation is 1. The first-order valence-corrected chi connectivity index (χ1v) is 5.08. The molecular weight excluding hydrogens is 198 g/mol. The van der Waals surface area contributed by atoms with Crippen LogP contribution in [0, 0.1) is 12.3 Å². The lowest BCUT2D eigenvalue weighted by Gasteiger charge is -2.10. The molecule has 0 fully saturated rings. The molecule has 1 aromatic carbocycles. The summed E-state index contributed by atoms with van der Waals surface area (Å²) in [6, 6.07) is 8.27. The summed E-state index contributed by atoms with van der Waals surface area (Å²) < 4.78 is 0. The van der Waals surface area contributed by atoms with Gasteiger partial charge in [0.05, 0.1) is 0 Å². The van der Waals surface area contributed by atoms with Gasteiger partial charge in [-0.25, -0.2) is 4.99 Å². The van der Waals surface area contributed by atoms with Crippen molar-refractivity contribution in [1.29, 1.82) is 5.41 Å². The van der Waals surface area contributed by atoms with Crippen LogP contribution in [-0.4, -0.2) is 12.4 Å². The van der Waals surface area contributed by atoms with Crippen LogP contribution in [0.25, 0.3) is 5.57 Å². The zero-order valence-corrected chi connectivity index (χ0v) is 9.07. The Labute approximate surface area is 94.7 Å². The Balaban J connectivity index is 2.23. The Hall–Kier alpha value is -2.16. The number of hydrogen-bond acceptors (Lipinski definition) is 3. The van der Waals surface area contributed by atoms with Gasteiger partial charge in [0, 0.05) is 24.2 Å². The minimum atomic E-state index is 0.686. The molecule has 0 amide bonds. The van der Waals surface area contributed by atoms with Crippen molar-refractivity contribution < 1.29 is 0 Å². The Morgan fingerprint density at radius 1 is 1.38 bits per heavy atom. The Morgan fingerprint density at radius 3 is 2.88 bits per heavy atom. The maximum absolute atomic E-state index is 6.95. The molecule has 3 heteroatoms. The van der Waals surface area contributed by atoms with Gasteiger partial charge in [0.1, 0.15) is 5.82 Å². The van der Waals surface area contributed by atoms with Crippen molar-refractivity contribution in [1.82, 2.24) is 5.32 Å². The number of nitrogens with one attached hydrogen (secondary N) is 2. The first-order valence-electron chi connectivity index (χ1n) is 5.08. The van der Waals surface area contributed by atoms with E-state index in [4.69, 9.17) is 5.41 Å². The number of nitrogens with zero attached hydrogens (tertiary/aromatic N) is 1. The summed E-state index contributed by atoms with van der Waals surface area (Å²) in [6.07, 6.45) is 6.53. The molecule has 80 valence electrons. The minimum Gasteiger partial charge on any atom is -0.346 e. The summed E-state index contributed by atoms with van der Waals surface area (Å²) in [5.41, 5.74) is 3.42. The molecule has 0 saturated carbocycles. The monoisotopic (exact) mass is 211 g/mol. The lowest BCUT2D eigenvalue weighted by Crippen LogP contribution is -2.09. The average molecular weight is 211 g/mol. The molecule has 0 aliphatic carbocycles. The van der Waals surface area contributed by atoms with Gasteiger partial charge in [-0.1, -0.05) is 29.8 Å². The van der Waals surface area contributed by atoms with E-state index >= 15 is 0 Å². The second kappa shape index (κ2) is 4.57. The van der Waals surface area contributed by atoms with Gasteiger partial charge in [-0.15, -0.1) is 0 Å². The van der Waals surface area contributed by atoms with Crippen molar-refractivity contribution in [2.45, 2.75) is 6.92 Å². The molecule has 0 unspecified atom stereocenters. The number of hydrogen-bond donors (Lipinski definition) is 2. The summed E-state index contributed by atoms with van der Waals surface area (Å²) in [7, 11) is 0. The molecule has 0 aromatic heterocycles. The normalized spacial score (nSPS) is 16.8. The van der Waals surface area contributed by atoms with E-state index in [0.717, 1.165) is 11.1 Å². The molecule has 0 saturated heterocycles. The Morgan fingerprint density at radius 2 is 2.25 bits per heavy atom. The number of benzene rings is 1. The quantitative estimate of drug-likeness (QED) is 0.725. The van der Waals surface area contributed by atoms with Crippen LogP contribution in [0.15, 0.2) is 47.4 Å². The predicted molar refractivity (Wildman–Crippen MR) is 67.7 cm³/mol. The van der Waals surface area contributed by atoms with Crippen LogP contribution in [0.5, 0.6) is 0 Å². The minimum absolute atomic E-state index is 0.686. The maximum Gasteiger partial charge on any atom is 0.131 e. The zero-order valence-electron chi connectivity index (χ0n) is 9.07. The van der Waals surface area contributed by atoms with Crippen molar-refractivity contribution in [3.8, 4) is 0 Å². The molecule has 0 spiro atoms. The Bertz CT molecular complexity index is 496. The van der Waals surface area contributed by atoms with Gasteiger partial charge in [0.25, 0.3) is 0 Å². The van der Waals surface area contributed by atoms with Crippen LogP contribution in [0.2, 0.25) is 0 Å². The van der Waals surface area contributed by atoms with Gasteiger partial charge in [0.15, 0.2) is 0 Å². The topological polar surface area (TPSA) is 48.2 Å². The smallest absolute Gasteiger partial charge is 0.131 e. The molecule has 2 rings (SSSR count). The summed E-state index contributed by atoms with van der Waals surface area (Å²) in [6.45, 7) is 2.07. The van der Waals surface area contributed by atoms with Crippen LogP contribution in [0.1, 0.15) is 11.1 Å². The van der Waals surface area contributed by atoms with E-state index in [1.165, 1.54) is 11.8 Å². The van der Waals surface area contributed by atoms with E-state index in [1.807, 2.05) is 12.3 Å². The molecule has 16 heavy (non-hydrogen) atoms. The molecule has 0 radical (unpaired) electrons. The first-order chi connectivity index (χ1) is 7.79. The van der Waals surface area contributed by atoms with Gasteiger partial charge in [-0.05, 0) is 18.6 Å². The van der Waals surface area contributed by atoms with Crippen molar-refractivity contribution in [2.24, 2.45) is 4.99 Å². The predicted octanol–water partition coefficient (Wildman–Crippen LogP) is 2.50. The highest BCUT2D eigenvalue weighted by atomic mass is 15.0. The SMILES string of the molecule is Cc1cccc(C2=CN/C(=C\C=N)N=C2)c1. The standard InChI is InChI=1S/C13H13N3/c1-10-3-2-4-11(7-10)12-8-15-13(5-6-14)16-9-12/h2-9,14-15H,1H3/b13-5+,14-6?. The van der Waals surface area contributed by atoms with Crippen molar-refractivity contribution >= 4 is 18.0 Å². The van der Waals surface area contributed by atoms with Crippen LogP contribution in [-0.2, 0) is 0 Å². The van der Waals surface area contributed by atoms with Gasteiger partial charge in [-0.2, -0.15) is 0 Å². The van der Waals surface area contributed by atoms with Gasteiger partial charge in [-0.3, -0.25) is 0 Å². The molecule has 0 bridgehead atoms. The molecule has 1 aliphatic heterocycles. The van der Waals surface area contributed by atoms with Crippen LogP contribution < -0.4 is 5.32 Å². The number of rotatable bonds is 2. The lowest BCUT2D eigenvalue weighted by molar-refractivity contribution is 1.03. The van der Waals surface area contributed by atoms with Gasteiger partial charge >= 0.3 is 0 Å². The highest BCUT2D eigenvalue weighted by molar-refractivity contribution is 6.10. The molecule has 1 aromatic rings. The Kier molecular flexibility index (Phi) is 2.96. The van der Waals surface area contributed by atoms with E-state index in [-0.39, 0.29) is 0 Å². The van der Waals surface area contributed by atoms with Gasteiger partial charge in [0.2, 0.25) is 0 Å². The fourth-order valence-corrected chi connectivity index (χ4v) is 1.52. The second-order valence-electron chi connectivity index (χ2n) is 3.59. The van der Waals surface area contributed by atoms with Crippen molar-refractivity contribution in [2.75, 3.05) is 0 Å². The summed E-state index contributed by atoms with van der Waals surface area (Å²) in [4.78, 5) is 4.21. The molecule has 3 nitrogen and oxygen atoms in total. The maximum atomic E-state index is 6.95. The van der Waals surface area contributed by atoms with Crippen molar-refractivity contribution in [3.05, 3.63) is 53.5 Å². The summed E-state index contributed by atoms with van der Waals surface area (Å²) in [5, 5.41) is 9.98. The van der Waals surface area contributed by atoms with E-state index in [1.54, 1.807) is 12.3 Å². The largest absolute Gasteiger partial charge is 0.346 e. The van der Waals surface area contributed by atoms with Crippen LogP contribution in [0.3, 0.4) is 0 Å². The average Bonchev–Trinajstić information content (AvgIpc) is 2.30. The van der Waals surface area contributed by atoms with Crippen LogP contribution >= 0.6 is 0 Å². The number of aliphatic imine (C=N–C) groups is 1. The highest BCUT2D eigenvalue weighted by Gasteiger charge is 2.03. The fourth-order valence-electron chi connectivity index (χ4n) is 1.52. The van der Waals surface area contributed by atoms with E-state index < -0.39 is 0 Å². The molecule has 2 N–H and O–H groups in total. The third kappa shape index (κ3) is 2.25.